The van der Waals surface area contributed by atoms with Gasteiger partial charge in [-0.05, 0) is 25.7 Å². The molecule has 0 aliphatic rings. The molecular formula is C21H29O12-3. The molecule has 0 heterocycles. The predicted octanol–water partition coefficient (Wildman–Crippen LogP) is -2.66. The average Bonchev–Trinajstić information content (AvgIpc) is 2.74. The van der Waals surface area contributed by atoms with E-state index in [0.717, 1.165) is 0 Å². The van der Waals surface area contributed by atoms with Crippen molar-refractivity contribution in [2.45, 2.75) is 53.4 Å². The molecule has 0 saturated carbocycles. The van der Waals surface area contributed by atoms with Crippen molar-refractivity contribution in [1.29, 1.82) is 0 Å². The Hall–Kier alpha value is -3.18. The van der Waals surface area contributed by atoms with Crippen molar-refractivity contribution in [3.8, 4) is 0 Å². The minimum atomic E-state index is -1.65. The van der Waals surface area contributed by atoms with Gasteiger partial charge in [-0.25, -0.2) is 0 Å². The SMILES string of the molecule is CCC(C(=O)[O-])C(=O)OCC(CC)(COC(=O)C(CC)C(=O)[O-])COC(=O)C(CC)C(=O)[O-]. The Balaban J connectivity index is 5.63. The second kappa shape index (κ2) is 14.1. The Bertz CT molecular complexity index is 636. The molecule has 33 heavy (non-hydrogen) atoms. The summed E-state index contributed by atoms with van der Waals surface area (Å²) >= 11 is 0. The van der Waals surface area contributed by atoms with Gasteiger partial charge in [0.1, 0.15) is 19.8 Å². The molecule has 3 unspecified atom stereocenters. The Morgan fingerprint density at radius 2 is 0.818 bits per heavy atom. The van der Waals surface area contributed by atoms with Crippen molar-refractivity contribution in [3.63, 3.8) is 0 Å². The normalized spacial score (nSPS) is 15.3. The van der Waals surface area contributed by atoms with Crippen LogP contribution in [0.3, 0.4) is 0 Å². The van der Waals surface area contributed by atoms with E-state index in [2.05, 4.69) is 0 Å². The van der Waals surface area contributed by atoms with Crippen molar-refractivity contribution >= 4 is 35.8 Å². The highest BCUT2D eigenvalue weighted by Crippen LogP contribution is 2.26. The van der Waals surface area contributed by atoms with Gasteiger partial charge >= 0.3 is 17.9 Å². The molecule has 12 nitrogen and oxygen atoms in total. The monoisotopic (exact) mass is 473 g/mol. The van der Waals surface area contributed by atoms with Crippen LogP contribution in [0, 0.1) is 23.2 Å². The summed E-state index contributed by atoms with van der Waals surface area (Å²) in [5, 5.41) is 33.2. The molecule has 0 aromatic carbocycles. The first kappa shape index (κ1) is 29.8. The first-order chi connectivity index (χ1) is 15.4. The predicted molar refractivity (Wildman–Crippen MR) is 102 cm³/mol. The van der Waals surface area contributed by atoms with Crippen LogP contribution in [-0.4, -0.2) is 55.6 Å². The molecule has 0 aliphatic carbocycles. The molecule has 0 aliphatic heterocycles. The highest BCUT2D eigenvalue weighted by Gasteiger charge is 2.36. The van der Waals surface area contributed by atoms with E-state index in [4.69, 9.17) is 14.2 Å². The number of ether oxygens (including phenoxy) is 3. The molecular weight excluding hydrogens is 444 g/mol. The molecule has 0 fully saturated rings. The second-order valence-corrected chi connectivity index (χ2v) is 7.52. The fourth-order valence-corrected chi connectivity index (χ4v) is 2.69. The zero-order chi connectivity index (χ0) is 25.8. The summed E-state index contributed by atoms with van der Waals surface area (Å²) in [5.41, 5.74) is -1.42. The van der Waals surface area contributed by atoms with E-state index in [1.54, 1.807) is 6.92 Å². The molecule has 0 amide bonds. The lowest BCUT2D eigenvalue weighted by Gasteiger charge is -2.32. The minimum absolute atomic E-state index is 0.0488. The summed E-state index contributed by atoms with van der Waals surface area (Å²) in [6.07, 6.45) is -0.291. The Kier molecular flexibility index (Phi) is 12.7. The smallest absolute Gasteiger partial charge is 0.314 e. The standard InChI is InChI=1S/C21H32O12/c1-5-12(15(22)23)18(28)31-9-21(8-4,10-32-19(29)13(6-2)16(24)25)11-33-20(30)14(7-3)17(26)27/h12-14H,5-11H2,1-4H3,(H,22,23)(H,24,25)(H,26,27)/p-3. The van der Waals surface area contributed by atoms with Crippen LogP contribution in [0.5, 0.6) is 0 Å². The average molecular weight is 473 g/mol. The van der Waals surface area contributed by atoms with Gasteiger partial charge in [0.05, 0.1) is 41.1 Å². The van der Waals surface area contributed by atoms with Gasteiger partial charge in [-0.3, -0.25) is 14.4 Å². The summed E-state index contributed by atoms with van der Waals surface area (Å²) in [5.74, 6) is -13.0. The Morgan fingerprint density at radius 1 is 0.576 bits per heavy atom. The van der Waals surface area contributed by atoms with Crippen LogP contribution in [0.15, 0.2) is 0 Å². The maximum atomic E-state index is 12.1. The number of hydrogen-bond acceptors (Lipinski definition) is 12. The molecule has 0 spiro atoms. The number of hydrogen-bond donors (Lipinski definition) is 0. The summed E-state index contributed by atoms with van der Waals surface area (Å²) in [4.78, 5) is 69.5. The van der Waals surface area contributed by atoms with Crippen LogP contribution < -0.4 is 15.3 Å². The topological polar surface area (TPSA) is 199 Å². The summed E-state index contributed by atoms with van der Waals surface area (Å²) in [6, 6.07) is 0. The first-order valence-corrected chi connectivity index (χ1v) is 10.5. The van der Waals surface area contributed by atoms with Crippen molar-refractivity contribution in [1.82, 2.24) is 0 Å². The van der Waals surface area contributed by atoms with E-state index < -0.39 is 78.8 Å². The number of carbonyl (C=O) groups is 6. The van der Waals surface area contributed by atoms with Gasteiger partial charge in [0, 0.05) is 0 Å². The molecule has 188 valence electrons. The lowest BCUT2D eigenvalue weighted by Crippen LogP contribution is -2.44. The van der Waals surface area contributed by atoms with E-state index >= 15 is 0 Å². The number of esters is 3. The van der Waals surface area contributed by atoms with Crippen LogP contribution in [0.1, 0.15) is 53.4 Å². The molecule has 3 atom stereocenters. The molecule has 12 heteroatoms. The first-order valence-electron chi connectivity index (χ1n) is 10.5. The molecule has 0 saturated heterocycles. The van der Waals surface area contributed by atoms with Crippen LogP contribution in [0.2, 0.25) is 0 Å². The van der Waals surface area contributed by atoms with Crippen LogP contribution in [0.25, 0.3) is 0 Å². The Morgan fingerprint density at radius 3 is 0.970 bits per heavy atom. The molecule has 0 aromatic heterocycles. The molecule has 0 rings (SSSR count). The fraction of sp³-hybridized carbons (Fsp3) is 0.714. The van der Waals surface area contributed by atoms with Crippen molar-refractivity contribution < 1.29 is 58.3 Å². The van der Waals surface area contributed by atoms with Crippen molar-refractivity contribution in [2.24, 2.45) is 23.2 Å². The van der Waals surface area contributed by atoms with Crippen LogP contribution in [-0.2, 0) is 43.0 Å². The van der Waals surface area contributed by atoms with Crippen molar-refractivity contribution in [2.75, 3.05) is 19.8 Å². The van der Waals surface area contributed by atoms with E-state index in [0.29, 0.717) is 0 Å². The van der Waals surface area contributed by atoms with Crippen LogP contribution in [0.4, 0.5) is 0 Å². The fourth-order valence-electron chi connectivity index (χ4n) is 2.69. The number of carboxylic acid groups (broad SMARTS) is 3. The van der Waals surface area contributed by atoms with E-state index in [9.17, 15) is 44.1 Å². The molecule has 0 radical (unpaired) electrons. The van der Waals surface area contributed by atoms with Gasteiger partial charge in [-0.2, -0.15) is 0 Å². The van der Waals surface area contributed by atoms with Gasteiger partial charge in [0.25, 0.3) is 0 Å². The van der Waals surface area contributed by atoms with Gasteiger partial charge < -0.3 is 43.9 Å². The van der Waals surface area contributed by atoms with Gasteiger partial charge in [0.2, 0.25) is 0 Å². The quantitative estimate of drug-likeness (QED) is 0.128. The van der Waals surface area contributed by atoms with Crippen LogP contribution >= 0.6 is 0 Å². The highest BCUT2D eigenvalue weighted by molar-refractivity contribution is 5.94. The molecule has 0 aromatic rings. The third-order valence-corrected chi connectivity index (χ3v) is 5.24. The lowest BCUT2D eigenvalue weighted by molar-refractivity contribution is -0.312. The maximum absolute atomic E-state index is 12.1. The third kappa shape index (κ3) is 9.07. The summed E-state index contributed by atoms with van der Waals surface area (Å²) in [6.45, 7) is 4.11. The van der Waals surface area contributed by atoms with E-state index in [-0.39, 0.29) is 25.7 Å². The number of aliphatic carboxylic acids is 3. The lowest BCUT2D eigenvalue weighted by atomic mass is 9.87. The minimum Gasteiger partial charge on any atom is -0.549 e. The Labute approximate surface area is 191 Å². The molecule has 0 bridgehead atoms. The highest BCUT2D eigenvalue weighted by atomic mass is 16.6. The largest absolute Gasteiger partial charge is 0.549 e. The zero-order valence-electron chi connectivity index (χ0n) is 19.1. The summed E-state index contributed by atoms with van der Waals surface area (Å²) in [7, 11) is 0. The zero-order valence-corrected chi connectivity index (χ0v) is 19.1. The second-order valence-electron chi connectivity index (χ2n) is 7.52. The van der Waals surface area contributed by atoms with Gasteiger partial charge in [-0.15, -0.1) is 0 Å². The van der Waals surface area contributed by atoms with E-state index in [1.165, 1.54) is 20.8 Å². The summed E-state index contributed by atoms with van der Waals surface area (Å²) < 4.78 is 15.1. The van der Waals surface area contributed by atoms with Gasteiger partial charge in [-0.1, -0.05) is 27.7 Å². The van der Waals surface area contributed by atoms with E-state index in [1.807, 2.05) is 0 Å². The molecule has 0 N–H and O–H groups in total. The number of carboxylic acids is 3. The maximum Gasteiger partial charge on any atom is 0.314 e. The van der Waals surface area contributed by atoms with Gasteiger partial charge in [0.15, 0.2) is 0 Å². The number of carbonyl (C=O) groups excluding carboxylic acids is 6. The van der Waals surface area contributed by atoms with Crippen molar-refractivity contribution in [3.05, 3.63) is 0 Å². The number of rotatable bonds is 16. The third-order valence-electron chi connectivity index (χ3n) is 5.24.